The van der Waals surface area contributed by atoms with Gasteiger partial charge in [0.1, 0.15) is 5.82 Å². The van der Waals surface area contributed by atoms with Crippen molar-refractivity contribution < 1.29 is 13.9 Å². The molecular weight excluding hydrogens is 477 g/mol. The number of nitrogens with zero attached hydrogens (tertiary/aromatic N) is 4. The van der Waals surface area contributed by atoms with Crippen LogP contribution in [0, 0.1) is 23.6 Å². The lowest BCUT2D eigenvalue weighted by Gasteiger charge is -2.26. The molecule has 3 heterocycles. The molecular formula is C24H21ClFN5O2S. The highest BCUT2D eigenvalue weighted by Crippen LogP contribution is 2.64. The minimum Gasteiger partial charge on any atom is -0.378 e. The minimum absolute atomic E-state index is 0.0378. The van der Waals surface area contributed by atoms with Gasteiger partial charge in [0.15, 0.2) is 5.17 Å². The molecule has 34 heavy (non-hydrogen) atoms. The monoisotopic (exact) mass is 497 g/mol. The highest BCUT2D eigenvalue weighted by atomic mass is 35.5. The molecule has 1 aliphatic carbocycles. The summed E-state index contributed by atoms with van der Waals surface area (Å²) < 4.78 is 19.8. The van der Waals surface area contributed by atoms with E-state index in [9.17, 15) is 9.18 Å². The second kappa shape index (κ2) is 9.37. The first-order valence-corrected chi connectivity index (χ1v) is 12.0. The number of aliphatic imine (C=N–C) groups is 1. The van der Waals surface area contributed by atoms with Gasteiger partial charge in [0.05, 0.1) is 36.7 Å². The van der Waals surface area contributed by atoms with E-state index in [0.717, 1.165) is 6.42 Å². The summed E-state index contributed by atoms with van der Waals surface area (Å²) in [5.41, 5.74) is 7.19. The highest BCUT2D eigenvalue weighted by molar-refractivity contribution is 8.15. The lowest BCUT2D eigenvalue weighted by atomic mass is 9.98. The summed E-state index contributed by atoms with van der Waals surface area (Å²) in [4.78, 5) is 27.0. The highest BCUT2D eigenvalue weighted by Gasteiger charge is 2.60. The number of fused-ring (bicyclic) bond motifs is 1. The number of rotatable bonds is 3. The predicted molar refractivity (Wildman–Crippen MR) is 129 cm³/mol. The first-order chi connectivity index (χ1) is 16.4. The molecule has 0 radical (unpaired) electrons. The van der Waals surface area contributed by atoms with Gasteiger partial charge in [-0.25, -0.2) is 14.4 Å². The first-order valence-electron chi connectivity index (χ1n) is 10.8. The minimum atomic E-state index is -0.446. The molecule has 2 aliphatic heterocycles. The molecule has 1 saturated heterocycles. The normalized spacial score (nSPS) is 25.8. The number of amides is 1. The topological polar surface area (TPSA) is 93.7 Å². The van der Waals surface area contributed by atoms with Gasteiger partial charge in [-0.2, -0.15) is 0 Å². The van der Waals surface area contributed by atoms with Crippen LogP contribution in [0.2, 0.25) is 5.02 Å². The van der Waals surface area contributed by atoms with Crippen molar-refractivity contribution in [3.8, 4) is 11.8 Å². The van der Waals surface area contributed by atoms with Crippen LogP contribution < -0.4 is 5.73 Å². The van der Waals surface area contributed by atoms with Crippen molar-refractivity contribution >= 4 is 34.4 Å². The molecule has 1 aromatic carbocycles. The van der Waals surface area contributed by atoms with Gasteiger partial charge >= 0.3 is 0 Å². The lowest BCUT2D eigenvalue weighted by Crippen LogP contribution is -2.40. The lowest BCUT2D eigenvalue weighted by molar-refractivity contribution is -0.130. The first kappa shape index (κ1) is 22.8. The van der Waals surface area contributed by atoms with Crippen molar-refractivity contribution in [2.24, 2.45) is 16.6 Å². The second-order valence-electron chi connectivity index (χ2n) is 8.26. The van der Waals surface area contributed by atoms with Crippen LogP contribution in [0.15, 0.2) is 47.7 Å². The Hall–Kier alpha value is -2.93. The Balaban J connectivity index is 1.36. The molecule has 0 spiro atoms. The van der Waals surface area contributed by atoms with E-state index < -0.39 is 6.04 Å². The summed E-state index contributed by atoms with van der Waals surface area (Å²) in [6.45, 7) is 2.26. The van der Waals surface area contributed by atoms with Crippen LogP contribution >= 0.6 is 23.4 Å². The smallest absolute Gasteiger partial charge is 0.246 e. The Labute approximate surface area is 205 Å². The maximum Gasteiger partial charge on any atom is 0.246 e. The van der Waals surface area contributed by atoms with Crippen molar-refractivity contribution in [1.82, 2.24) is 14.9 Å². The molecule has 7 nitrogen and oxygen atoms in total. The fourth-order valence-electron chi connectivity index (χ4n) is 4.20. The van der Waals surface area contributed by atoms with Crippen LogP contribution in [0.3, 0.4) is 0 Å². The molecule has 5 rings (SSSR count). The number of ether oxygens (including phenoxy) is 1. The summed E-state index contributed by atoms with van der Waals surface area (Å²) in [5, 5.41) is 0.807. The van der Waals surface area contributed by atoms with Gasteiger partial charge in [0.2, 0.25) is 11.7 Å². The summed E-state index contributed by atoms with van der Waals surface area (Å²) >= 11 is 7.24. The average molecular weight is 498 g/mol. The third-order valence-electron chi connectivity index (χ3n) is 6.03. The summed E-state index contributed by atoms with van der Waals surface area (Å²) in [6, 6.07) is 4.24. The second-order valence-corrected chi connectivity index (χ2v) is 10.1. The van der Waals surface area contributed by atoms with Gasteiger partial charge in [-0.3, -0.25) is 9.79 Å². The zero-order chi connectivity index (χ0) is 23.7. The molecule has 2 fully saturated rings. The van der Waals surface area contributed by atoms with Gasteiger partial charge in [0, 0.05) is 41.0 Å². The Bertz CT molecular complexity index is 1240. The Morgan fingerprint density at radius 2 is 2.06 bits per heavy atom. The Morgan fingerprint density at radius 1 is 1.29 bits per heavy atom. The third-order valence-corrected chi connectivity index (χ3v) is 7.53. The molecule has 2 N–H and O–H groups in total. The van der Waals surface area contributed by atoms with Crippen LogP contribution in [-0.4, -0.2) is 57.0 Å². The van der Waals surface area contributed by atoms with E-state index in [1.54, 1.807) is 23.1 Å². The molecule has 2 aromatic rings. The van der Waals surface area contributed by atoms with E-state index in [-0.39, 0.29) is 22.4 Å². The van der Waals surface area contributed by atoms with E-state index in [1.165, 1.54) is 30.2 Å². The molecule has 1 saturated carbocycles. The fraction of sp³-hybridized carbons (Fsp3) is 0.333. The van der Waals surface area contributed by atoms with Crippen molar-refractivity contribution in [3.05, 3.63) is 70.5 Å². The maximum atomic E-state index is 14.9. The average Bonchev–Trinajstić information content (AvgIpc) is 3.57. The van der Waals surface area contributed by atoms with Crippen molar-refractivity contribution in [2.75, 3.05) is 26.3 Å². The van der Waals surface area contributed by atoms with Gasteiger partial charge < -0.3 is 15.4 Å². The van der Waals surface area contributed by atoms with Crippen molar-refractivity contribution in [3.63, 3.8) is 0 Å². The SMILES string of the molecule is NC1=N[C@H](c2cc(C#Cc3ncc(Cl)cn3)ccc2F)[C@@H]2C[C@]2(/C=C/C(=O)N2CCOCC2)S1. The van der Waals surface area contributed by atoms with Crippen molar-refractivity contribution in [2.45, 2.75) is 17.2 Å². The van der Waals surface area contributed by atoms with E-state index in [1.807, 2.05) is 6.08 Å². The van der Waals surface area contributed by atoms with E-state index in [2.05, 4.69) is 26.8 Å². The number of thioether (sulfide) groups is 1. The van der Waals surface area contributed by atoms with Crippen LogP contribution in [0.5, 0.6) is 0 Å². The molecule has 1 aromatic heterocycles. The number of carbonyl (C=O) groups excluding carboxylic acids is 1. The van der Waals surface area contributed by atoms with Gasteiger partial charge in [-0.15, -0.1) is 0 Å². The number of benzene rings is 1. The maximum absolute atomic E-state index is 14.9. The zero-order valence-corrected chi connectivity index (χ0v) is 19.7. The van der Waals surface area contributed by atoms with Crippen LogP contribution in [0.4, 0.5) is 4.39 Å². The molecule has 10 heteroatoms. The molecule has 0 bridgehead atoms. The van der Waals surface area contributed by atoms with Crippen LogP contribution in [0.25, 0.3) is 0 Å². The summed E-state index contributed by atoms with van der Waals surface area (Å²) in [6.07, 6.45) is 7.21. The van der Waals surface area contributed by atoms with E-state index >= 15 is 0 Å². The number of carbonyl (C=O) groups is 1. The summed E-state index contributed by atoms with van der Waals surface area (Å²) in [7, 11) is 0. The number of nitrogens with two attached hydrogens (primary N) is 1. The third kappa shape index (κ3) is 4.80. The zero-order valence-electron chi connectivity index (χ0n) is 18.1. The molecule has 0 unspecified atom stereocenters. The van der Waals surface area contributed by atoms with Crippen LogP contribution in [0.1, 0.15) is 29.4 Å². The van der Waals surface area contributed by atoms with Gasteiger partial charge in [-0.05, 0) is 30.5 Å². The molecule has 174 valence electrons. The largest absolute Gasteiger partial charge is 0.378 e. The number of halogens is 2. The Morgan fingerprint density at radius 3 is 2.82 bits per heavy atom. The quantitative estimate of drug-likeness (QED) is 0.517. The summed E-state index contributed by atoms with van der Waals surface area (Å²) in [5.74, 6) is 5.78. The molecule has 1 amide bonds. The number of hydrogen-bond donors (Lipinski definition) is 1. The number of amidine groups is 1. The number of aromatic nitrogens is 2. The van der Waals surface area contributed by atoms with Crippen molar-refractivity contribution in [1.29, 1.82) is 0 Å². The molecule has 3 atom stereocenters. The number of morpholine rings is 1. The van der Waals surface area contributed by atoms with Gasteiger partial charge in [0.25, 0.3) is 0 Å². The number of hydrogen-bond acceptors (Lipinski definition) is 7. The predicted octanol–water partition coefficient (Wildman–Crippen LogP) is 2.95. The Kier molecular flexibility index (Phi) is 6.30. The molecule has 3 aliphatic rings. The standard InChI is InChI=1S/C24H21ClFN5O2S/c25-16-13-28-20(29-14-16)4-2-15-1-3-19(26)17(11-15)22-18-12-24(18,34-23(27)30-22)6-5-21(32)31-7-9-33-10-8-31/h1,3,5-6,11,13-14,18,22H,7-10,12H2,(H2,27,30)/b6-5+/t18-,22+,24-/m0/s1. The van der Waals surface area contributed by atoms with Gasteiger partial charge in [-0.1, -0.05) is 35.4 Å². The van der Waals surface area contributed by atoms with E-state index in [0.29, 0.717) is 53.4 Å². The van der Waals surface area contributed by atoms with Crippen LogP contribution in [-0.2, 0) is 9.53 Å². The van der Waals surface area contributed by atoms with E-state index in [4.69, 9.17) is 22.1 Å². The fourth-order valence-corrected chi connectivity index (χ4v) is 5.53.